The van der Waals surface area contributed by atoms with Crippen LogP contribution in [0.1, 0.15) is 24.0 Å². The van der Waals surface area contributed by atoms with Crippen LogP contribution < -0.4 is 5.73 Å². The lowest BCUT2D eigenvalue weighted by Crippen LogP contribution is -2.38. The van der Waals surface area contributed by atoms with Crippen LogP contribution in [0.2, 0.25) is 0 Å². The summed E-state index contributed by atoms with van der Waals surface area (Å²) in [7, 11) is 0. The molecule has 0 spiro atoms. The van der Waals surface area contributed by atoms with Crippen molar-refractivity contribution in [1.82, 2.24) is 25.5 Å². The number of likely N-dealkylation sites (tertiary alicyclic amines) is 1. The van der Waals surface area contributed by atoms with Gasteiger partial charge < -0.3 is 10.6 Å². The standard InChI is InChI=1S/C8H12N6O2/c1-8(7(9)16)2-3-14(4-8)6(15)5-10-12-13-11-5/h2-4H2,1H3,(H2,9,16)(H,10,11,12,13). The number of aromatic nitrogens is 4. The first-order chi connectivity index (χ1) is 7.53. The van der Waals surface area contributed by atoms with Crippen LogP contribution in [0.25, 0.3) is 0 Å². The average Bonchev–Trinajstić information content (AvgIpc) is 2.85. The van der Waals surface area contributed by atoms with E-state index in [0.717, 1.165) is 0 Å². The first-order valence-corrected chi connectivity index (χ1v) is 4.85. The smallest absolute Gasteiger partial charge is 0.295 e. The van der Waals surface area contributed by atoms with Gasteiger partial charge in [-0.05, 0) is 18.6 Å². The molecule has 1 aromatic rings. The van der Waals surface area contributed by atoms with Crippen molar-refractivity contribution in [3.05, 3.63) is 5.82 Å². The molecule has 1 fully saturated rings. The van der Waals surface area contributed by atoms with Crippen molar-refractivity contribution in [2.24, 2.45) is 11.1 Å². The van der Waals surface area contributed by atoms with Crippen molar-refractivity contribution in [2.45, 2.75) is 13.3 Å². The first kappa shape index (κ1) is 10.5. The van der Waals surface area contributed by atoms with Crippen LogP contribution in [-0.4, -0.2) is 50.4 Å². The Hall–Kier alpha value is -1.99. The van der Waals surface area contributed by atoms with Gasteiger partial charge in [-0.25, -0.2) is 0 Å². The van der Waals surface area contributed by atoms with E-state index in [4.69, 9.17) is 5.73 Å². The highest BCUT2D eigenvalue weighted by atomic mass is 16.2. The highest BCUT2D eigenvalue weighted by Gasteiger charge is 2.41. The molecule has 0 aliphatic carbocycles. The second-order valence-corrected chi connectivity index (χ2v) is 4.14. The lowest BCUT2D eigenvalue weighted by molar-refractivity contribution is -0.126. The molecule has 0 bridgehead atoms. The van der Waals surface area contributed by atoms with E-state index in [1.165, 1.54) is 4.90 Å². The normalized spacial score (nSPS) is 24.7. The van der Waals surface area contributed by atoms with Crippen LogP contribution in [0.3, 0.4) is 0 Å². The lowest BCUT2D eigenvalue weighted by atomic mass is 9.89. The van der Waals surface area contributed by atoms with Crippen LogP contribution in [0.4, 0.5) is 0 Å². The Morgan fingerprint density at radius 1 is 1.56 bits per heavy atom. The summed E-state index contributed by atoms with van der Waals surface area (Å²) in [6.45, 7) is 2.53. The molecule has 8 heteroatoms. The first-order valence-electron chi connectivity index (χ1n) is 4.85. The van der Waals surface area contributed by atoms with Crippen LogP contribution in [-0.2, 0) is 4.79 Å². The van der Waals surface area contributed by atoms with E-state index in [1.807, 2.05) is 0 Å². The van der Waals surface area contributed by atoms with E-state index in [1.54, 1.807) is 6.92 Å². The van der Waals surface area contributed by atoms with E-state index in [0.29, 0.717) is 19.5 Å². The van der Waals surface area contributed by atoms with Gasteiger partial charge in [-0.2, -0.15) is 5.21 Å². The van der Waals surface area contributed by atoms with Crippen molar-refractivity contribution in [3.63, 3.8) is 0 Å². The molecule has 0 saturated carbocycles. The maximum atomic E-state index is 11.8. The number of nitrogens with one attached hydrogen (secondary N) is 1. The Labute approximate surface area is 91.2 Å². The number of nitrogens with zero attached hydrogens (tertiary/aromatic N) is 4. The summed E-state index contributed by atoms with van der Waals surface area (Å²) in [6, 6.07) is 0. The van der Waals surface area contributed by atoms with Gasteiger partial charge in [0.25, 0.3) is 11.7 Å². The minimum atomic E-state index is -0.653. The van der Waals surface area contributed by atoms with Crippen LogP contribution in [0.5, 0.6) is 0 Å². The highest BCUT2D eigenvalue weighted by Crippen LogP contribution is 2.29. The summed E-state index contributed by atoms with van der Waals surface area (Å²) in [5.74, 6) is -0.719. The molecule has 16 heavy (non-hydrogen) atoms. The van der Waals surface area contributed by atoms with Crippen LogP contribution >= 0.6 is 0 Å². The summed E-state index contributed by atoms with van der Waals surface area (Å²) in [5, 5.41) is 12.7. The molecule has 2 heterocycles. The molecule has 8 nitrogen and oxygen atoms in total. The Morgan fingerprint density at radius 2 is 2.31 bits per heavy atom. The highest BCUT2D eigenvalue weighted by molar-refractivity contribution is 5.91. The molecular weight excluding hydrogens is 212 g/mol. The third-order valence-corrected chi connectivity index (χ3v) is 2.89. The van der Waals surface area contributed by atoms with Crippen molar-refractivity contribution in [2.75, 3.05) is 13.1 Å². The number of aromatic amines is 1. The van der Waals surface area contributed by atoms with Gasteiger partial charge in [-0.15, -0.1) is 10.2 Å². The molecule has 0 radical (unpaired) electrons. The summed E-state index contributed by atoms with van der Waals surface area (Å²) in [4.78, 5) is 24.5. The number of nitrogens with two attached hydrogens (primary N) is 1. The van der Waals surface area contributed by atoms with Gasteiger partial charge in [0.05, 0.1) is 5.41 Å². The van der Waals surface area contributed by atoms with Crippen molar-refractivity contribution in [3.8, 4) is 0 Å². The maximum Gasteiger partial charge on any atom is 0.295 e. The molecule has 1 saturated heterocycles. The fourth-order valence-electron chi connectivity index (χ4n) is 1.73. The van der Waals surface area contributed by atoms with Gasteiger partial charge in [0, 0.05) is 13.1 Å². The lowest BCUT2D eigenvalue weighted by Gasteiger charge is -2.19. The van der Waals surface area contributed by atoms with Crippen molar-refractivity contribution in [1.29, 1.82) is 0 Å². The SMILES string of the molecule is CC1(C(N)=O)CCN(C(=O)c2nn[nH]n2)C1. The average molecular weight is 224 g/mol. The number of primary amides is 1. The second-order valence-electron chi connectivity index (χ2n) is 4.14. The molecule has 2 amide bonds. The van der Waals surface area contributed by atoms with Crippen LogP contribution in [0.15, 0.2) is 0 Å². The molecule has 1 atom stereocenters. The molecule has 86 valence electrons. The zero-order valence-corrected chi connectivity index (χ0v) is 8.80. The molecule has 1 aromatic heterocycles. The molecule has 2 rings (SSSR count). The summed E-state index contributed by atoms with van der Waals surface area (Å²) in [5.41, 5.74) is 4.63. The predicted octanol–water partition coefficient (Wildman–Crippen LogP) is -1.46. The van der Waals surface area contributed by atoms with E-state index in [-0.39, 0.29) is 11.7 Å². The quantitative estimate of drug-likeness (QED) is 0.636. The van der Waals surface area contributed by atoms with Gasteiger partial charge in [-0.1, -0.05) is 0 Å². The summed E-state index contributed by atoms with van der Waals surface area (Å²) < 4.78 is 0. The fraction of sp³-hybridized carbons (Fsp3) is 0.625. The number of H-pyrrole nitrogens is 1. The van der Waals surface area contributed by atoms with Crippen molar-refractivity contribution < 1.29 is 9.59 Å². The van der Waals surface area contributed by atoms with Gasteiger partial charge in [0.2, 0.25) is 5.91 Å². The van der Waals surface area contributed by atoms with E-state index in [2.05, 4.69) is 20.6 Å². The number of carbonyl (C=O) groups is 2. The maximum absolute atomic E-state index is 11.8. The minimum absolute atomic E-state index is 0.00807. The van der Waals surface area contributed by atoms with E-state index >= 15 is 0 Å². The molecule has 0 aromatic carbocycles. The third-order valence-electron chi connectivity index (χ3n) is 2.89. The zero-order valence-electron chi connectivity index (χ0n) is 8.80. The Kier molecular flexibility index (Phi) is 2.33. The fourth-order valence-corrected chi connectivity index (χ4v) is 1.73. The topological polar surface area (TPSA) is 118 Å². The summed E-state index contributed by atoms with van der Waals surface area (Å²) in [6.07, 6.45) is 0.561. The van der Waals surface area contributed by atoms with E-state index < -0.39 is 11.3 Å². The second kappa shape index (κ2) is 3.54. The monoisotopic (exact) mass is 224 g/mol. The predicted molar refractivity (Wildman–Crippen MR) is 52.0 cm³/mol. The molecular formula is C8H12N6O2. The summed E-state index contributed by atoms with van der Waals surface area (Å²) >= 11 is 0. The number of hydrogen-bond acceptors (Lipinski definition) is 5. The zero-order chi connectivity index (χ0) is 11.8. The number of amides is 2. The van der Waals surface area contributed by atoms with E-state index in [9.17, 15) is 9.59 Å². The molecule has 3 N–H and O–H groups in total. The van der Waals surface area contributed by atoms with Gasteiger partial charge >= 0.3 is 0 Å². The third kappa shape index (κ3) is 1.62. The molecule has 1 aliphatic rings. The van der Waals surface area contributed by atoms with Crippen molar-refractivity contribution >= 4 is 11.8 Å². The Morgan fingerprint density at radius 3 is 2.81 bits per heavy atom. The van der Waals surface area contributed by atoms with Gasteiger partial charge in [0.15, 0.2) is 0 Å². The minimum Gasteiger partial charge on any atom is -0.369 e. The number of hydrogen-bond donors (Lipinski definition) is 2. The molecule has 1 aliphatic heterocycles. The largest absolute Gasteiger partial charge is 0.369 e. The van der Waals surface area contributed by atoms with Gasteiger partial charge in [0.1, 0.15) is 0 Å². The Balaban J connectivity index is 2.10. The van der Waals surface area contributed by atoms with Gasteiger partial charge in [-0.3, -0.25) is 9.59 Å². The number of carbonyl (C=O) groups excluding carboxylic acids is 2. The molecule has 1 unspecified atom stereocenters. The number of tetrazole rings is 1. The Bertz CT molecular complexity index is 416. The van der Waals surface area contributed by atoms with Crippen LogP contribution in [0, 0.1) is 5.41 Å². The number of rotatable bonds is 2.